The minimum Gasteiger partial charge on any atom is -0.396 e. The Morgan fingerprint density at radius 3 is 2.29 bits per heavy atom. The SMILES string of the molecule is O=S(=O)(N[C@@H]1C=C[C@H](CO)C1)c1ccc(C(F)(F)F)cc1. The van der Waals surface area contributed by atoms with Crippen LogP contribution in [-0.4, -0.2) is 26.2 Å². The predicted molar refractivity (Wildman–Crippen MR) is 69.9 cm³/mol. The quantitative estimate of drug-likeness (QED) is 0.833. The van der Waals surface area contributed by atoms with Crippen molar-refractivity contribution in [3.63, 3.8) is 0 Å². The normalized spacial score (nSPS) is 22.7. The van der Waals surface area contributed by atoms with E-state index in [1.807, 2.05) is 0 Å². The smallest absolute Gasteiger partial charge is 0.396 e. The van der Waals surface area contributed by atoms with Gasteiger partial charge in [-0.25, -0.2) is 13.1 Å². The summed E-state index contributed by atoms with van der Waals surface area (Å²) < 4.78 is 63.8. The van der Waals surface area contributed by atoms with Gasteiger partial charge in [0.25, 0.3) is 0 Å². The molecule has 1 aliphatic carbocycles. The van der Waals surface area contributed by atoms with Crippen molar-refractivity contribution in [2.45, 2.75) is 23.5 Å². The molecule has 1 aliphatic rings. The third-order valence-electron chi connectivity index (χ3n) is 3.21. The first kappa shape index (κ1) is 16.0. The van der Waals surface area contributed by atoms with Crippen LogP contribution in [0.25, 0.3) is 0 Å². The lowest BCUT2D eigenvalue weighted by atomic mass is 10.1. The highest BCUT2D eigenvalue weighted by Gasteiger charge is 2.31. The average Bonchev–Trinajstić information content (AvgIpc) is 2.85. The van der Waals surface area contributed by atoms with Crippen molar-refractivity contribution in [3.8, 4) is 0 Å². The van der Waals surface area contributed by atoms with E-state index in [-0.39, 0.29) is 17.4 Å². The second-order valence-electron chi connectivity index (χ2n) is 4.81. The van der Waals surface area contributed by atoms with Crippen LogP contribution in [0.4, 0.5) is 13.2 Å². The Balaban J connectivity index is 2.12. The number of benzene rings is 1. The molecule has 0 heterocycles. The summed E-state index contributed by atoms with van der Waals surface area (Å²) in [5.74, 6) is -0.106. The van der Waals surface area contributed by atoms with Crippen LogP contribution in [0.2, 0.25) is 0 Å². The minimum atomic E-state index is -4.50. The average molecular weight is 321 g/mol. The highest BCUT2D eigenvalue weighted by atomic mass is 32.2. The molecule has 4 nitrogen and oxygen atoms in total. The number of sulfonamides is 1. The molecule has 1 aromatic rings. The van der Waals surface area contributed by atoms with Gasteiger partial charge in [-0.1, -0.05) is 12.2 Å². The molecule has 0 amide bonds. The van der Waals surface area contributed by atoms with Gasteiger partial charge in [0.1, 0.15) is 0 Å². The Hall–Kier alpha value is -1.38. The van der Waals surface area contributed by atoms with Crippen molar-refractivity contribution in [1.29, 1.82) is 0 Å². The standard InChI is InChI=1S/C13H14F3NO3S/c14-13(15,16)10-2-5-12(6-3-10)21(19,20)17-11-4-1-9(7-11)8-18/h1-6,9,11,17-18H,7-8H2/t9-,11+/m0/s1. The molecule has 0 aromatic heterocycles. The molecule has 0 bridgehead atoms. The zero-order chi connectivity index (χ0) is 15.7. The van der Waals surface area contributed by atoms with Crippen LogP contribution in [0, 0.1) is 5.92 Å². The number of rotatable bonds is 4. The number of halogens is 3. The molecule has 0 saturated heterocycles. The van der Waals surface area contributed by atoms with E-state index in [0.29, 0.717) is 6.42 Å². The highest BCUT2D eigenvalue weighted by molar-refractivity contribution is 7.89. The van der Waals surface area contributed by atoms with Crippen molar-refractivity contribution in [2.75, 3.05) is 6.61 Å². The van der Waals surface area contributed by atoms with Crippen LogP contribution in [0.5, 0.6) is 0 Å². The van der Waals surface area contributed by atoms with Gasteiger partial charge in [-0.2, -0.15) is 13.2 Å². The van der Waals surface area contributed by atoms with Crippen LogP contribution in [0.3, 0.4) is 0 Å². The van der Waals surface area contributed by atoms with Crippen LogP contribution in [0.1, 0.15) is 12.0 Å². The number of alkyl halides is 3. The highest BCUT2D eigenvalue weighted by Crippen LogP contribution is 2.29. The van der Waals surface area contributed by atoms with E-state index in [2.05, 4.69) is 4.72 Å². The molecule has 0 radical (unpaired) electrons. The monoisotopic (exact) mass is 321 g/mol. The van der Waals surface area contributed by atoms with Crippen molar-refractivity contribution in [3.05, 3.63) is 42.0 Å². The first-order valence-corrected chi connectivity index (χ1v) is 7.69. The molecule has 1 aromatic carbocycles. The van der Waals surface area contributed by atoms with Crippen molar-refractivity contribution in [1.82, 2.24) is 4.72 Å². The summed E-state index contributed by atoms with van der Waals surface area (Å²) in [4.78, 5) is -0.226. The maximum Gasteiger partial charge on any atom is 0.416 e. The molecule has 8 heteroatoms. The maximum atomic E-state index is 12.4. The van der Waals surface area contributed by atoms with E-state index in [1.54, 1.807) is 12.2 Å². The molecule has 0 spiro atoms. The molecule has 21 heavy (non-hydrogen) atoms. The number of aliphatic hydroxyl groups excluding tert-OH is 1. The fraction of sp³-hybridized carbons (Fsp3) is 0.385. The first-order valence-electron chi connectivity index (χ1n) is 6.21. The molecule has 2 rings (SSSR count). The molecular weight excluding hydrogens is 307 g/mol. The van der Waals surface area contributed by atoms with Crippen LogP contribution in [-0.2, 0) is 16.2 Å². The van der Waals surface area contributed by atoms with Gasteiger partial charge in [0.15, 0.2) is 0 Å². The Kier molecular flexibility index (Phi) is 4.40. The molecule has 116 valence electrons. The van der Waals surface area contributed by atoms with Gasteiger partial charge in [-0.3, -0.25) is 0 Å². The number of aliphatic hydroxyl groups is 1. The zero-order valence-corrected chi connectivity index (χ0v) is 11.7. The molecule has 0 saturated carbocycles. The van der Waals surface area contributed by atoms with Gasteiger partial charge in [-0.15, -0.1) is 0 Å². The second kappa shape index (κ2) is 5.78. The molecule has 0 aliphatic heterocycles. The summed E-state index contributed by atoms with van der Waals surface area (Å²) >= 11 is 0. The second-order valence-corrected chi connectivity index (χ2v) is 6.53. The summed E-state index contributed by atoms with van der Waals surface area (Å²) in [7, 11) is -3.89. The van der Waals surface area contributed by atoms with E-state index >= 15 is 0 Å². The number of nitrogens with one attached hydrogen (secondary N) is 1. The van der Waals surface area contributed by atoms with Crippen LogP contribution >= 0.6 is 0 Å². The van der Waals surface area contributed by atoms with Crippen molar-refractivity contribution < 1.29 is 26.7 Å². The third kappa shape index (κ3) is 3.84. The van der Waals surface area contributed by atoms with E-state index in [1.165, 1.54) is 0 Å². The van der Waals surface area contributed by atoms with Crippen LogP contribution < -0.4 is 4.72 Å². The molecule has 0 fully saturated rings. The Labute approximate surface area is 120 Å². The van der Waals surface area contributed by atoms with Gasteiger partial charge in [0.2, 0.25) is 10.0 Å². The van der Waals surface area contributed by atoms with E-state index in [0.717, 1.165) is 24.3 Å². The molecule has 2 N–H and O–H groups in total. The van der Waals surface area contributed by atoms with Gasteiger partial charge in [0, 0.05) is 18.6 Å². The molecule has 0 unspecified atom stereocenters. The lowest BCUT2D eigenvalue weighted by Crippen LogP contribution is -2.33. The Bertz CT molecular complexity index is 623. The van der Waals surface area contributed by atoms with E-state index < -0.39 is 27.8 Å². The molecule has 2 atom stereocenters. The molecular formula is C13H14F3NO3S. The summed E-state index contributed by atoms with van der Waals surface area (Å²) in [6.45, 7) is -0.0744. The van der Waals surface area contributed by atoms with Gasteiger partial charge >= 0.3 is 6.18 Å². The fourth-order valence-electron chi connectivity index (χ4n) is 2.09. The lowest BCUT2D eigenvalue weighted by Gasteiger charge is -2.14. The maximum absolute atomic E-state index is 12.4. The summed E-state index contributed by atoms with van der Waals surface area (Å²) in [6, 6.07) is 2.85. The van der Waals surface area contributed by atoms with E-state index in [4.69, 9.17) is 5.11 Å². The first-order chi connectivity index (χ1) is 9.72. The van der Waals surface area contributed by atoms with Gasteiger partial charge in [0.05, 0.1) is 10.5 Å². The van der Waals surface area contributed by atoms with E-state index in [9.17, 15) is 21.6 Å². The summed E-state index contributed by atoms with van der Waals surface area (Å²) in [5.41, 5.74) is -0.900. The zero-order valence-electron chi connectivity index (χ0n) is 10.8. The lowest BCUT2D eigenvalue weighted by molar-refractivity contribution is -0.137. The summed E-state index contributed by atoms with van der Waals surface area (Å²) in [5, 5.41) is 8.97. The predicted octanol–water partition coefficient (Wildman–Crippen LogP) is 1.92. The van der Waals surface area contributed by atoms with Crippen LogP contribution in [0.15, 0.2) is 41.3 Å². The number of hydrogen-bond acceptors (Lipinski definition) is 3. The fourth-order valence-corrected chi connectivity index (χ4v) is 3.29. The minimum absolute atomic E-state index is 0.0744. The summed E-state index contributed by atoms with van der Waals surface area (Å²) in [6.07, 6.45) is -0.739. The van der Waals surface area contributed by atoms with Crippen molar-refractivity contribution in [2.24, 2.45) is 5.92 Å². The largest absolute Gasteiger partial charge is 0.416 e. The Morgan fingerprint density at radius 2 is 1.81 bits per heavy atom. The number of hydrogen-bond donors (Lipinski definition) is 2. The Morgan fingerprint density at radius 1 is 1.19 bits per heavy atom. The third-order valence-corrected chi connectivity index (χ3v) is 4.71. The van der Waals surface area contributed by atoms with Crippen molar-refractivity contribution >= 4 is 10.0 Å². The topological polar surface area (TPSA) is 66.4 Å². The van der Waals surface area contributed by atoms with Gasteiger partial charge in [-0.05, 0) is 30.7 Å². The van der Waals surface area contributed by atoms with Gasteiger partial charge < -0.3 is 5.11 Å².